The lowest BCUT2D eigenvalue weighted by Crippen LogP contribution is -2.04. The molecule has 0 fully saturated rings. The predicted octanol–water partition coefficient (Wildman–Crippen LogP) is 1.30. The summed E-state index contributed by atoms with van der Waals surface area (Å²) in [6, 6.07) is 7.76. The zero-order valence-electron chi connectivity index (χ0n) is 10.3. The summed E-state index contributed by atoms with van der Waals surface area (Å²) in [4.78, 5) is 11.4. The van der Waals surface area contributed by atoms with Gasteiger partial charge in [-0.15, -0.1) is 0 Å². The first-order valence-electron chi connectivity index (χ1n) is 5.06. The molecule has 0 amide bonds. The molecule has 0 aliphatic rings. The van der Waals surface area contributed by atoms with E-state index in [0.29, 0.717) is 11.4 Å². The van der Waals surface area contributed by atoms with E-state index in [2.05, 4.69) is 15.3 Å². The number of rotatable bonds is 4. The number of hydrogen-bond acceptors (Lipinski definition) is 7. The van der Waals surface area contributed by atoms with Crippen molar-refractivity contribution < 1.29 is 14.3 Å². The van der Waals surface area contributed by atoms with Crippen LogP contribution in [0.1, 0.15) is 10.4 Å². The number of carbonyl (C=O) groups excluding carboxylic acids is 1. The molecule has 0 aliphatic heterocycles. The normalized spacial score (nSPS) is 8.63. The van der Waals surface area contributed by atoms with Gasteiger partial charge in [-0.1, -0.05) is 0 Å². The zero-order chi connectivity index (χ0) is 14.3. The van der Waals surface area contributed by atoms with Crippen LogP contribution in [0.5, 0.6) is 5.75 Å². The van der Waals surface area contributed by atoms with E-state index in [1.807, 2.05) is 0 Å². The van der Waals surface area contributed by atoms with Gasteiger partial charge in [0.05, 0.1) is 19.9 Å². The molecule has 0 heterocycles. The predicted molar refractivity (Wildman–Crippen MR) is 66.6 cm³/mol. The van der Waals surface area contributed by atoms with Crippen LogP contribution in [-0.2, 0) is 4.74 Å². The molecule has 0 saturated carbocycles. The molecule has 1 N–H and O–H groups in total. The smallest absolute Gasteiger partial charge is 0.341 e. The van der Waals surface area contributed by atoms with Crippen molar-refractivity contribution in [2.75, 3.05) is 19.6 Å². The number of hydrazone groups is 1. The molecule has 0 spiro atoms. The standard InChI is InChI=1S/C12H10N4O3/c1-18-11-5-8(15-16-9(6-13)7-14)3-4-10(11)12(17)19-2/h3-5,15H,1-2H3. The number of esters is 1. The van der Waals surface area contributed by atoms with E-state index >= 15 is 0 Å². The Balaban J connectivity index is 3.02. The number of benzene rings is 1. The van der Waals surface area contributed by atoms with Crippen molar-refractivity contribution in [2.45, 2.75) is 0 Å². The molecule has 1 aromatic carbocycles. The first-order valence-corrected chi connectivity index (χ1v) is 5.06. The SMILES string of the molecule is COC(=O)c1ccc(NN=C(C#N)C#N)cc1OC. The van der Waals surface area contributed by atoms with Crippen LogP contribution in [0.15, 0.2) is 23.3 Å². The van der Waals surface area contributed by atoms with Crippen LogP contribution in [0.2, 0.25) is 0 Å². The molecule has 7 heteroatoms. The van der Waals surface area contributed by atoms with Gasteiger partial charge >= 0.3 is 5.97 Å². The van der Waals surface area contributed by atoms with Crippen molar-refractivity contribution in [1.29, 1.82) is 10.5 Å². The largest absolute Gasteiger partial charge is 0.496 e. The Hall–Kier alpha value is -3.06. The maximum absolute atomic E-state index is 11.4. The van der Waals surface area contributed by atoms with Crippen LogP contribution >= 0.6 is 0 Å². The minimum Gasteiger partial charge on any atom is -0.496 e. The van der Waals surface area contributed by atoms with Gasteiger partial charge in [-0.05, 0) is 12.1 Å². The Labute approximate surface area is 109 Å². The van der Waals surface area contributed by atoms with Crippen molar-refractivity contribution >= 4 is 17.4 Å². The third-order valence-corrected chi connectivity index (χ3v) is 2.12. The van der Waals surface area contributed by atoms with Gasteiger partial charge in [-0.25, -0.2) is 4.79 Å². The number of methoxy groups -OCH3 is 2. The van der Waals surface area contributed by atoms with Gasteiger partial charge in [0.2, 0.25) is 5.71 Å². The summed E-state index contributed by atoms with van der Waals surface area (Å²) in [7, 11) is 2.68. The first kappa shape index (κ1) is 14.0. The van der Waals surface area contributed by atoms with Crippen molar-refractivity contribution in [1.82, 2.24) is 0 Å². The minimum absolute atomic E-state index is 0.264. The van der Waals surface area contributed by atoms with Crippen molar-refractivity contribution in [3.63, 3.8) is 0 Å². The van der Waals surface area contributed by atoms with E-state index < -0.39 is 5.97 Å². The van der Waals surface area contributed by atoms with Gasteiger partial charge in [0.1, 0.15) is 23.5 Å². The zero-order valence-corrected chi connectivity index (χ0v) is 10.3. The average Bonchev–Trinajstić information content (AvgIpc) is 2.47. The lowest BCUT2D eigenvalue weighted by molar-refractivity contribution is 0.0597. The fourth-order valence-electron chi connectivity index (χ4n) is 1.23. The lowest BCUT2D eigenvalue weighted by atomic mass is 10.2. The molecule has 1 rings (SSSR count). The van der Waals surface area contributed by atoms with Crippen molar-refractivity contribution in [2.24, 2.45) is 5.10 Å². The molecule has 0 aliphatic carbocycles. The summed E-state index contributed by atoms with van der Waals surface area (Å²) in [6.45, 7) is 0. The van der Waals surface area contributed by atoms with Gasteiger partial charge in [-0.2, -0.15) is 15.6 Å². The van der Waals surface area contributed by atoms with Crippen LogP contribution in [0, 0.1) is 22.7 Å². The number of nitrogens with one attached hydrogen (secondary N) is 1. The number of ether oxygens (including phenoxy) is 2. The summed E-state index contributed by atoms with van der Waals surface area (Å²) in [5.41, 5.74) is 2.94. The highest BCUT2D eigenvalue weighted by atomic mass is 16.5. The van der Waals surface area contributed by atoms with Gasteiger partial charge in [0, 0.05) is 6.07 Å². The van der Waals surface area contributed by atoms with Gasteiger partial charge in [0.15, 0.2) is 0 Å². The Kier molecular flexibility index (Phi) is 4.88. The highest BCUT2D eigenvalue weighted by Gasteiger charge is 2.12. The average molecular weight is 258 g/mol. The molecule has 7 nitrogen and oxygen atoms in total. The molecule has 0 radical (unpaired) electrons. The van der Waals surface area contributed by atoms with E-state index in [4.69, 9.17) is 15.3 Å². The van der Waals surface area contributed by atoms with Gasteiger partial charge < -0.3 is 9.47 Å². The Morgan fingerprint density at radius 2 is 2.00 bits per heavy atom. The fourth-order valence-corrected chi connectivity index (χ4v) is 1.23. The Bertz CT molecular complexity index is 580. The van der Waals surface area contributed by atoms with Crippen LogP contribution in [0.25, 0.3) is 0 Å². The molecule has 19 heavy (non-hydrogen) atoms. The second-order valence-corrected chi connectivity index (χ2v) is 3.20. The molecule has 0 atom stereocenters. The topological polar surface area (TPSA) is 107 Å². The van der Waals surface area contributed by atoms with Crippen LogP contribution in [0.3, 0.4) is 0 Å². The summed E-state index contributed by atoms with van der Waals surface area (Å²) in [5, 5.41) is 20.6. The second kappa shape index (κ2) is 6.62. The maximum Gasteiger partial charge on any atom is 0.341 e. The summed E-state index contributed by atoms with van der Waals surface area (Å²) < 4.78 is 9.65. The number of nitriles is 2. The first-order chi connectivity index (χ1) is 9.15. The summed E-state index contributed by atoms with van der Waals surface area (Å²) in [5.74, 6) is -0.232. The van der Waals surface area contributed by atoms with E-state index in [1.165, 1.54) is 26.4 Å². The third-order valence-electron chi connectivity index (χ3n) is 2.12. The van der Waals surface area contributed by atoms with E-state index in [0.717, 1.165) is 0 Å². The Morgan fingerprint density at radius 1 is 1.32 bits per heavy atom. The van der Waals surface area contributed by atoms with Crippen LogP contribution in [0.4, 0.5) is 5.69 Å². The van der Waals surface area contributed by atoms with Crippen LogP contribution in [-0.4, -0.2) is 25.9 Å². The third kappa shape index (κ3) is 3.45. The molecule has 0 saturated heterocycles. The van der Waals surface area contributed by atoms with Gasteiger partial charge in [-0.3, -0.25) is 5.43 Å². The molecule has 0 unspecified atom stereocenters. The fraction of sp³-hybridized carbons (Fsp3) is 0.167. The molecule has 0 aromatic heterocycles. The molecule has 1 aromatic rings. The lowest BCUT2D eigenvalue weighted by Gasteiger charge is -2.08. The van der Waals surface area contributed by atoms with E-state index in [-0.39, 0.29) is 11.3 Å². The summed E-state index contributed by atoms with van der Waals surface area (Å²) in [6.07, 6.45) is 0. The van der Waals surface area contributed by atoms with Crippen molar-refractivity contribution in [3.05, 3.63) is 23.8 Å². The highest BCUT2D eigenvalue weighted by Crippen LogP contribution is 2.23. The molecule has 0 bridgehead atoms. The number of anilines is 1. The van der Waals surface area contributed by atoms with Gasteiger partial charge in [0.25, 0.3) is 0 Å². The number of hydrogen-bond donors (Lipinski definition) is 1. The number of nitrogens with zero attached hydrogens (tertiary/aromatic N) is 3. The number of carbonyl (C=O) groups is 1. The quantitative estimate of drug-likeness (QED) is 0.495. The minimum atomic E-state index is -0.526. The summed E-state index contributed by atoms with van der Waals surface area (Å²) >= 11 is 0. The monoisotopic (exact) mass is 258 g/mol. The highest BCUT2D eigenvalue weighted by molar-refractivity contribution is 6.10. The van der Waals surface area contributed by atoms with Crippen molar-refractivity contribution in [3.8, 4) is 17.9 Å². The van der Waals surface area contributed by atoms with Crippen LogP contribution < -0.4 is 10.2 Å². The Morgan fingerprint density at radius 3 is 2.53 bits per heavy atom. The van der Waals surface area contributed by atoms with E-state index in [1.54, 1.807) is 18.2 Å². The molecule has 96 valence electrons. The molecular weight excluding hydrogens is 248 g/mol. The second-order valence-electron chi connectivity index (χ2n) is 3.20. The molecular formula is C12H10N4O3. The van der Waals surface area contributed by atoms with E-state index in [9.17, 15) is 4.79 Å². The maximum atomic E-state index is 11.4.